The molecule has 0 aromatic heterocycles. The quantitative estimate of drug-likeness (QED) is 0.0850. The van der Waals surface area contributed by atoms with Crippen LogP contribution < -0.4 is 4.74 Å². The maximum Gasteiger partial charge on any atom is 0.411 e. The molecule has 0 saturated heterocycles. The fourth-order valence-electron chi connectivity index (χ4n) is 18.3. The van der Waals surface area contributed by atoms with E-state index in [0.29, 0.717) is 32.0 Å². The van der Waals surface area contributed by atoms with E-state index in [9.17, 15) is 39.6 Å². The monoisotopic (exact) mass is 1910 g/mol. The number of benzene rings is 15. The lowest BCUT2D eigenvalue weighted by molar-refractivity contribution is -0.288. The molecule has 0 radical (unpaired) electrons. The van der Waals surface area contributed by atoms with Crippen molar-refractivity contribution in [2.75, 3.05) is 0 Å². The third-order valence-corrected chi connectivity index (χ3v) is 25.9. The predicted octanol–water partition coefficient (Wildman–Crippen LogP) is 36.0. The van der Waals surface area contributed by atoms with Crippen LogP contribution in [0.4, 0.5) is 26.3 Å². The molecule has 0 spiro atoms. The highest BCUT2D eigenvalue weighted by Gasteiger charge is 2.72. The first-order valence-electron chi connectivity index (χ1n) is 47.3. The second kappa shape index (κ2) is 49.0. The van der Waals surface area contributed by atoms with E-state index in [1.807, 2.05) is 104 Å². The Hall–Kier alpha value is -12.4. The fraction of sp³-hybridized carbons (Fsp3) is 0.283. The van der Waals surface area contributed by atoms with Gasteiger partial charge in [-0.05, 0) is 447 Å². The van der Waals surface area contributed by atoms with E-state index in [0.717, 1.165) is 97.8 Å². The zero-order chi connectivity index (χ0) is 103. The van der Waals surface area contributed by atoms with Crippen molar-refractivity contribution in [3.8, 4) is 22.6 Å². The minimum absolute atomic E-state index is 0.105. The molecular weight excluding hydrogens is 1770 g/mol. The largest absolute Gasteiger partial charge is 0.457 e. The van der Waals surface area contributed by atoms with Crippen LogP contribution in [0.5, 0.6) is 11.5 Å². The summed E-state index contributed by atoms with van der Waals surface area (Å²) in [5.74, 6) is 1.92. The highest BCUT2D eigenvalue weighted by molar-refractivity contribution is 7.99. The number of halogens is 6. The lowest BCUT2D eigenvalue weighted by Gasteiger charge is -2.39. The Labute approximate surface area is 832 Å². The third kappa shape index (κ3) is 34.0. The molecule has 0 N–H and O–H groups in total. The van der Waals surface area contributed by atoms with Gasteiger partial charge in [0.2, 0.25) is 15.3 Å². The summed E-state index contributed by atoms with van der Waals surface area (Å²) in [5, 5.41) is 0. The van der Waals surface area contributed by atoms with Gasteiger partial charge in [-0.2, -0.15) is 26.3 Å². The smallest absolute Gasteiger partial charge is 0.411 e. The van der Waals surface area contributed by atoms with Crippen molar-refractivity contribution in [2.45, 2.75) is 265 Å². The average Bonchev–Trinajstić information content (AvgIpc) is 0.710. The number of alkyl halides is 6. The van der Waals surface area contributed by atoms with Gasteiger partial charge in [0.1, 0.15) is 11.5 Å². The molecule has 0 fully saturated rings. The number of sulfone groups is 1. The Morgan fingerprint density at radius 2 is 0.410 bits per heavy atom. The van der Waals surface area contributed by atoms with Crippen LogP contribution in [0.3, 0.4) is 0 Å². The van der Waals surface area contributed by atoms with E-state index in [1.54, 1.807) is 36.4 Å². The topological polar surface area (TPSA) is 60.4 Å². The molecule has 0 saturated carbocycles. The summed E-state index contributed by atoms with van der Waals surface area (Å²) in [6, 6.07) is 87.2. The van der Waals surface area contributed by atoms with Gasteiger partial charge in [-0.25, -0.2) is 8.42 Å². The maximum absolute atomic E-state index is 14.0. The average molecular weight is 1910 g/mol. The van der Waals surface area contributed by atoms with E-state index >= 15 is 0 Å². The first-order chi connectivity index (χ1) is 64.7. The highest BCUT2D eigenvalue weighted by atomic mass is 32.2. The van der Waals surface area contributed by atoms with Gasteiger partial charge in [0.05, 0.1) is 9.79 Å². The molecule has 15 aromatic rings. The first-order valence-corrected chi connectivity index (χ1v) is 49.6. The maximum atomic E-state index is 14.0. The standard InChI is InChI=1S/C19H18F6.C17H18O.C17H20.C16H18O2S.C16H18O.C16H18S.C16H18.C10H14/c1-11-5-12(2)8-15(7-11)17(18(20,21)22,19(23,24)25)16-9-13(3)6-14(4)10-16;1-11-5-12(2)8-15(7-11)17(18)16-9-13(3)6-14(4)10-16;1-12-5-13(2)8-16(7-12)11-17-9-14(3)6-15(4)10-17;1-11-5-12(2)8-15(7-11)19(17,18)16-9-13(3)6-14(4)10-16;2*1-11-5-12(2)8-15(7-11)17-16-9-13(3)6-14(4)10-16;1-11-5-12(2)8-15(7-11)16-9-13(3)6-14(4)10-16;1-7-5-9(3)10(4)6-8(7)2/h5-10H,1-4H3;5-10H,1-4H3;5-10H,11H2,1-4H3;5-10H,1-4H3;2*5-10H,1-4H3;5-10H,1-4H3;5-6H,1-4H3. The second-order valence-electron chi connectivity index (χ2n) is 39.2. The van der Waals surface area contributed by atoms with Gasteiger partial charge in [0.15, 0.2) is 5.78 Å². The molecule has 139 heavy (non-hydrogen) atoms. The summed E-state index contributed by atoms with van der Waals surface area (Å²) in [7, 11) is -3.43. The van der Waals surface area contributed by atoms with Crippen LogP contribution in [0, 0.1) is 222 Å². The Kier molecular flexibility index (Phi) is 39.4. The molecule has 0 heterocycles. The summed E-state index contributed by atoms with van der Waals surface area (Å²) in [6.45, 7) is 64.5. The summed E-state index contributed by atoms with van der Waals surface area (Å²) in [4.78, 5) is 15.8. The lowest BCUT2D eigenvalue weighted by atomic mass is 9.71. The number of aryl methyl sites for hydroxylation is 32. The van der Waals surface area contributed by atoms with Gasteiger partial charge >= 0.3 is 12.4 Å². The SMILES string of the molecule is Cc1cc(C)c(C)cc1C.Cc1cc(C)cc(-c2cc(C)cc(C)c2)c1.Cc1cc(C)cc(C(=O)c2cc(C)cc(C)c2)c1.Cc1cc(C)cc(C(c2cc(C)cc(C)c2)(C(F)(F)F)C(F)(F)F)c1.Cc1cc(C)cc(Cc2cc(C)cc(C)c2)c1.Cc1cc(C)cc(Oc2cc(C)cc(C)c2)c1.Cc1cc(C)cc(S(=O)(=O)c2cc(C)cc(C)c2)c1.Cc1cc(C)cc(Sc2cc(C)cc(C)c2)c1. The molecule has 15 aromatic carbocycles. The van der Waals surface area contributed by atoms with Crippen LogP contribution in [-0.4, -0.2) is 26.6 Å². The van der Waals surface area contributed by atoms with Crippen LogP contribution in [0.2, 0.25) is 0 Å². The zero-order valence-electron chi connectivity index (χ0n) is 87.8. The van der Waals surface area contributed by atoms with E-state index in [4.69, 9.17) is 4.74 Å². The molecule has 728 valence electrons. The summed E-state index contributed by atoms with van der Waals surface area (Å²) < 4.78 is 115. The Bertz CT molecular complexity index is 6050. The molecule has 4 nitrogen and oxygen atoms in total. The summed E-state index contributed by atoms with van der Waals surface area (Å²) >= 11 is 1.84. The van der Waals surface area contributed by atoms with Gasteiger partial charge in [0.25, 0.3) is 0 Å². The predicted molar refractivity (Wildman–Crippen MR) is 576 cm³/mol. The number of ether oxygens (including phenoxy) is 1. The highest BCUT2D eigenvalue weighted by Crippen LogP contribution is 2.57. The van der Waals surface area contributed by atoms with Crippen LogP contribution in [0.15, 0.2) is 287 Å². The van der Waals surface area contributed by atoms with E-state index < -0.39 is 38.7 Å². The minimum Gasteiger partial charge on any atom is -0.457 e. The fourth-order valence-corrected chi connectivity index (χ4v) is 21.1. The van der Waals surface area contributed by atoms with Crippen LogP contribution in [-0.2, 0) is 21.7 Å². The van der Waals surface area contributed by atoms with Crippen molar-refractivity contribution in [3.63, 3.8) is 0 Å². The Morgan fingerprint density at radius 1 is 0.230 bits per heavy atom. The first kappa shape index (κ1) is 112. The molecule has 0 aliphatic rings. The van der Waals surface area contributed by atoms with Crippen molar-refractivity contribution in [1.29, 1.82) is 0 Å². The normalized spacial score (nSPS) is 11.1. The molecule has 0 atom stereocenters. The Balaban J connectivity index is 0.000000196. The van der Waals surface area contributed by atoms with Crippen molar-refractivity contribution in [1.82, 2.24) is 0 Å². The summed E-state index contributed by atoms with van der Waals surface area (Å²) in [6.07, 6.45) is -10.1. The number of hydrogen-bond acceptors (Lipinski definition) is 5. The number of rotatable bonds is 13. The molecule has 0 unspecified atom stereocenters. The minimum atomic E-state index is -5.55. The molecule has 0 aliphatic heterocycles. The summed E-state index contributed by atoms with van der Waals surface area (Å²) in [5.41, 5.74) is 37.6. The lowest BCUT2D eigenvalue weighted by Crippen LogP contribution is -2.55. The molecule has 0 bridgehead atoms. The number of ketones is 1. The second-order valence-corrected chi connectivity index (χ2v) is 42.3. The van der Waals surface area contributed by atoms with Crippen molar-refractivity contribution < 1.29 is 44.3 Å². The van der Waals surface area contributed by atoms with Gasteiger partial charge in [0, 0.05) is 20.9 Å². The van der Waals surface area contributed by atoms with Gasteiger partial charge in [-0.3, -0.25) is 4.79 Å². The van der Waals surface area contributed by atoms with Gasteiger partial charge in [-0.15, -0.1) is 0 Å². The van der Waals surface area contributed by atoms with E-state index in [2.05, 4.69) is 308 Å². The third-order valence-electron chi connectivity index (χ3n) is 23.2. The molecule has 12 heteroatoms. The van der Waals surface area contributed by atoms with Crippen LogP contribution >= 0.6 is 11.8 Å². The van der Waals surface area contributed by atoms with Crippen molar-refractivity contribution in [2.24, 2.45) is 0 Å². The van der Waals surface area contributed by atoms with Gasteiger partial charge < -0.3 is 4.74 Å². The molecule has 0 amide bonds. The van der Waals surface area contributed by atoms with Crippen LogP contribution in [0.1, 0.15) is 216 Å². The molecular formula is C127H142F6O4S2. The number of hydrogen-bond donors (Lipinski definition) is 0. The number of carbonyl (C=O) groups is 1. The molecule has 0 aliphatic carbocycles. The van der Waals surface area contributed by atoms with Gasteiger partial charge in [-0.1, -0.05) is 271 Å². The van der Waals surface area contributed by atoms with E-state index in [-0.39, 0.29) is 5.78 Å². The van der Waals surface area contributed by atoms with Crippen molar-refractivity contribution in [3.05, 3.63) is 478 Å². The van der Waals surface area contributed by atoms with E-state index in [1.165, 1.54) is 171 Å². The van der Waals surface area contributed by atoms with Crippen molar-refractivity contribution >= 4 is 27.4 Å². The Morgan fingerprint density at radius 3 is 0.626 bits per heavy atom. The van der Waals surface area contributed by atoms with Crippen LogP contribution in [0.25, 0.3) is 11.1 Å². The zero-order valence-corrected chi connectivity index (χ0v) is 89.5. The molecule has 15 rings (SSSR count). The number of carbonyl (C=O) groups excluding carboxylic acids is 1.